The van der Waals surface area contributed by atoms with Crippen LogP contribution in [0.1, 0.15) is 36.8 Å². The SMILES string of the molecule is c1ccc(-c2ccc(N(c3ccc(-c4cccc5c4-c4ccccc4C54CC5CCC4C5)cc3)c3ccc4c(c3)oc3ccccc34)cc2)cc1. The van der Waals surface area contributed by atoms with Crippen molar-refractivity contribution in [2.75, 3.05) is 4.90 Å². The Morgan fingerprint density at radius 2 is 1.14 bits per heavy atom. The van der Waals surface area contributed by atoms with Crippen molar-refractivity contribution in [2.24, 2.45) is 11.8 Å². The second-order valence-electron chi connectivity index (χ2n) is 14.9. The van der Waals surface area contributed by atoms with Gasteiger partial charge in [0.05, 0.1) is 0 Å². The second-order valence-corrected chi connectivity index (χ2v) is 14.9. The summed E-state index contributed by atoms with van der Waals surface area (Å²) in [7, 11) is 0. The lowest BCUT2D eigenvalue weighted by Gasteiger charge is -2.36. The Balaban J connectivity index is 1.03. The molecule has 7 aromatic carbocycles. The van der Waals surface area contributed by atoms with Crippen LogP contribution in [0.3, 0.4) is 0 Å². The van der Waals surface area contributed by atoms with Crippen LogP contribution in [0.4, 0.5) is 17.1 Å². The molecule has 1 spiro atoms. The molecule has 2 fully saturated rings. The first-order valence-corrected chi connectivity index (χ1v) is 18.5. The summed E-state index contributed by atoms with van der Waals surface area (Å²) in [5.41, 5.74) is 16.3. The molecule has 0 radical (unpaired) electrons. The first kappa shape index (κ1) is 28.9. The molecule has 0 N–H and O–H groups in total. The molecule has 244 valence electrons. The predicted octanol–water partition coefficient (Wildman–Crippen LogP) is 13.5. The van der Waals surface area contributed by atoms with Crippen molar-refractivity contribution in [3.8, 4) is 33.4 Å². The number of nitrogens with zero attached hydrogens (tertiary/aromatic N) is 1. The second kappa shape index (κ2) is 11.1. The van der Waals surface area contributed by atoms with Crippen LogP contribution < -0.4 is 4.90 Å². The minimum Gasteiger partial charge on any atom is -0.456 e. The number of para-hydroxylation sites is 1. The molecule has 11 rings (SSSR count). The maximum atomic E-state index is 6.37. The zero-order valence-electron chi connectivity index (χ0n) is 28.4. The van der Waals surface area contributed by atoms with Gasteiger partial charge in [0, 0.05) is 39.3 Å². The first-order chi connectivity index (χ1) is 25.2. The lowest BCUT2D eigenvalue weighted by Crippen LogP contribution is -2.31. The fraction of sp³-hybridized carbons (Fsp3) is 0.143. The van der Waals surface area contributed by atoms with Gasteiger partial charge in [0.1, 0.15) is 11.2 Å². The smallest absolute Gasteiger partial charge is 0.137 e. The van der Waals surface area contributed by atoms with Gasteiger partial charge in [-0.2, -0.15) is 0 Å². The van der Waals surface area contributed by atoms with Gasteiger partial charge in [0.2, 0.25) is 0 Å². The molecule has 1 aromatic heterocycles. The molecule has 0 aliphatic heterocycles. The maximum Gasteiger partial charge on any atom is 0.137 e. The highest BCUT2D eigenvalue weighted by Crippen LogP contribution is 2.66. The van der Waals surface area contributed by atoms with E-state index in [9.17, 15) is 0 Å². The molecule has 3 unspecified atom stereocenters. The van der Waals surface area contributed by atoms with E-state index in [1.807, 2.05) is 12.1 Å². The fourth-order valence-electron chi connectivity index (χ4n) is 10.2. The van der Waals surface area contributed by atoms with E-state index in [2.05, 4.69) is 157 Å². The van der Waals surface area contributed by atoms with E-state index in [-0.39, 0.29) is 5.41 Å². The quantitative estimate of drug-likeness (QED) is 0.183. The summed E-state index contributed by atoms with van der Waals surface area (Å²) in [6.45, 7) is 0. The molecular formula is C49H37NO. The molecule has 0 saturated heterocycles. The molecule has 0 amide bonds. The van der Waals surface area contributed by atoms with Gasteiger partial charge in [-0.1, -0.05) is 122 Å². The van der Waals surface area contributed by atoms with E-state index in [1.165, 1.54) is 59.1 Å². The van der Waals surface area contributed by atoms with E-state index in [4.69, 9.17) is 4.42 Å². The zero-order chi connectivity index (χ0) is 33.5. The predicted molar refractivity (Wildman–Crippen MR) is 211 cm³/mol. The van der Waals surface area contributed by atoms with Crippen molar-refractivity contribution >= 4 is 39.0 Å². The molecule has 3 atom stereocenters. The minimum absolute atomic E-state index is 0.183. The highest BCUT2D eigenvalue weighted by atomic mass is 16.3. The molecule has 1 heterocycles. The Morgan fingerprint density at radius 3 is 1.92 bits per heavy atom. The fourth-order valence-corrected chi connectivity index (χ4v) is 10.2. The standard InChI is InChI=1S/C49H37NO/c1-2-9-33(10-3-1)34-18-23-37(24-19-34)50(39-27-28-42-41-11-5-7-16-46(41)51-47(42)30-39)38-25-20-35(21-26-38)40-13-8-15-45-48(40)43-12-4-6-14-44(43)49(45)31-32-17-22-36(49)29-32/h1-16,18-21,23-28,30,32,36H,17,22,29,31H2. The minimum atomic E-state index is 0.183. The van der Waals surface area contributed by atoms with E-state index >= 15 is 0 Å². The van der Waals surface area contributed by atoms with Crippen molar-refractivity contribution in [1.29, 1.82) is 0 Å². The van der Waals surface area contributed by atoms with Crippen LogP contribution in [0, 0.1) is 11.8 Å². The van der Waals surface area contributed by atoms with Crippen molar-refractivity contribution in [2.45, 2.75) is 31.1 Å². The van der Waals surface area contributed by atoms with E-state index < -0.39 is 0 Å². The molecule has 8 aromatic rings. The molecule has 2 nitrogen and oxygen atoms in total. The van der Waals surface area contributed by atoms with E-state index in [0.717, 1.165) is 50.8 Å². The summed E-state index contributed by atoms with van der Waals surface area (Å²) in [6, 6.07) is 60.0. The van der Waals surface area contributed by atoms with Crippen LogP contribution in [0.5, 0.6) is 0 Å². The van der Waals surface area contributed by atoms with Crippen LogP contribution in [0.25, 0.3) is 55.3 Å². The highest BCUT2D eigenvalue weighted by molar-refractivity contribution is 6.06. The molecule has 2 heteroatoms. The average molecular weight is 656 g/mol. The molecular weight excluding hydrogens is 619 g/mol. The lowest BCUT2D eigenvalue weighted by molar-refractivity contribution is 0.327. The third-order valence-electron chi connectivity index (χ3n) is 12.4. The van der Waals surface area contributed by atoms with Gasteiger partial charge in [0.25, 0.3) is 0 Å². The normalized spacial score (nSPS) is 19.9. The van der Waals surface area contributed by atoms with Gasteiger partial charge in [-0.15, -0.1) is 0 Å². The summed E-state index contributed by atoms with van der Waals surface area (Å²) < 4.78 is 6.37. The summed E-state index contributed by atoms with van der Waals surface area (Å²) in [6.07, 6.45) is 5.45. The summed E-state index contributed by atoms with van der Waals surface area (Å²) >= 11 is 0. The van der Waals surface area contributed by atoms with Gasteiger partial charge in [0.15, 0.2) is 0 Å². The number of anilines is 3. The number of hydrogen-bond acceptors (Lipinski definition) is 2. The Morgan fingerprint density at radius 1 is 0.490 bits per heavy atom. The first-order valence-electron chi connectivity index (χ1n) is 18.5. The van der Waals surface area contributed by atoms with Crippen LogP contribution in [-0.4, -0.2) is 0 Å². The third-order valence-corrected chi connectivity index (χ3v) is 12.4. The summed E-state index contributed by atoms with van der Waals surface area (Å²) in [5.74, 6) is 1.62. The number of rotatable bonds is 5. The van der Waals surface area contributed by atoms with Crippen molar-refractivity contribution in [3.05, 3.63) is 175 Å². The van der Waals surface area contributed by atoms with Gasteiger partial charge >= 0.3 is 0 Å². The van der Waals surface area contributed by atoms with Crippen molar-refractivity contribution in [3.63, 3.8) is 0 Å². The van der Waals surface area contributed by atoms with Gasteiger partial charge in [-0.3, -0.25) is 0 Å². The van der Waals surface area contributed by atoms with Crippen LogP contribution in [0.15, 0.2) is 168 Å². The lowest BCUT2D eigenvalue weighted by atomic mass is 9.66. The summed E-state index contributed by atoms with van der Waals surface area (Å²) in [5, 5.41) is 2.28. The topological polar surface area (TPSA) is 16.4 Å². The molecule has 3 aliphatic rings. The number of fused-ring (bicyclic) bond motifs is 11. The number of benzene rings is 7. The molecule has 2 saturated carbocycles. The largest absolute Gasteiger partial charge is 0.456 e. The van der Waals surface area contributed by atoms with E-state index in [1.54, 1.807) is 11.1 Å². The highest BCUT2D eigenvalue weighted by Gasteiger charge is 2.56. The third kappa shape index (κ3) is 4.29. The Hall–Kier alpha value is -5.86. The monoisotopic (exact) mass is 655 g/mol. The molecule has 51 heavy (non-hydrogen) atoms. The number of furan rings is 1. The zero-order valence-corrected chi connectivity index (χ0v) is 28.4. The van der Waals surface area contributed by atoms with E-state index in [0.29, 0.717) is 0 Å². The van der Waals surface area contributed by atoms with Crippen LogP contribution >= 0.6 is 0 Å². The Labute approximate surface area is 298 Å². The van der Waals surface area contributed by atoms with Gasteiger partial charge in [-0.25, -0.2) is 0 Å². The van der Waals surface area contributed by atoms with Gasteiger partial charge in [-0.05, 0) is 118 Å². The van der Waals surface area contributed by atoms with Crippen LogP contribution in [0.2, 0.25) is 0 Å². The molecule has 3 aliphatic carbocycles. The number of hydrogen-bond donors (Lipinski definition) is 0. The van der Waals surface area contributed by atoms with Crippen molar-refractivity contribution in [1.82, 2.24) is 0 Å². The Kier molecular flexibility index (Phi) is 6.28. The van der Waals surface area contributed by atoms with Crippen LogP contribution in [-0.2, 0) is 5.41 Å². The maximum absolute atomic E-state index is 6.37. The Bertz CT molecular complexity index is 2600. The molecule has 2 bridgehead atoms. The van der Waals surface area contributed by atoms with Gasteiger partial charge < -0.3 is 9.32 Å². The average Bonchev–Trinajstić information content (AvgIpc) is 3.97. The van der Waals surface area contributed by atoms with Crippen molar-refractivity contribution < 1.29 is 4.42 Å². The summed E-state index contributed by atoms with van der Waals surface area (Å²) in [4.78, 5) is 2.35.